The number of aromatic nitrogens is 1. The minimum Gasteiger partial charge on any atom is -0.466 e. The van der Waals surface area contributed by atoms with E-state index in [4.69, 9.17) is 4.74 Å². The average Bonchev–Trinajstić information content (AvgIpc) is 2.20. The Labute approximate surface area is 95.5 Å². The predicted octanol–water partition coefficient (Wildman–Crippen LogP) is 1.87. The molecule has 0 saturated carbocycles. The Morgan fingerprint density at radius 3 is 3.00 bits per heavy atom. The normalized spacial score (nSPS) is 8.87. The molecule has 1 rings (SSSR count). The molecule has 1 aromatic heterocycles. The second-order valence-corrected chi connectivity index (χ2v) is 2.72. The molecule has 0 aliphatic heterocycles. The molecule has 4 nitrogen and oxygen atoms in total. The van der Waals surface area contributed by atoms with E-state index >= 15 is 0 Å². The molecule has 84 valence electrons. The van der Waals surface area contributed by atoms with Crippen molar-refractivity contribution in [1.82, 2.24) is 4.98 Å². The second kappa shape index (κ2) is 8.05. The van der Waals surface area contributed by atoms with E-state index < -0.39 is 0 Å². The fourth-order valence-corrected chi connectivity index (χ4v) is 1.01. The third-order valence-corrected chi connectivity index (χ3v) is 1.63. The quantitative estimate of drug-likeness (QED) is 0.785. The van der Waals surface area contributed by atoms with Gasteiger partial charge >= 0.3 is 5.97 Å². The number of hydrogen-bond acceptors (Lipinski definition) is 4. The van der Waals surface area contributed by atoms with Gasteiger partial charge in [0.15, 0.2) is 0 Å². The number of carbonyl (C=O) groups excluding carboxylic acids is 1. The number of nitrogens with one attached hydrogen (secondary N) is 1. The minimum atomic E-state index is -0.177. The smallest absolute Gasteiger partial charge is 0.307 e. The number of halogens is 1. The average molecular weight is 231 g/mol. The van der Waals surface area contributed by atoms with Crippen LogP contribution in [0.2, 0.25) is 0 Å². The summed E-state index contributed by atoms with van der Waals surface area (Å²) in [6.07, 6.45) is 3.80. The second-order valence-electron chi connectivity index (χ2n) is 2.72. The maximum atomic E-state index is 11.0. The predicted molar refractivity (Wildman–Crippen MR) is 61.2 cm³/mol. The molecule has 0 atom stereocenters. The van der Waals surface area contributed by atoms with Gasteiger partial charge in [0.1, 0.15) is 0 Å². The standard InChI is InChI=1S/C10H14N2O2.ClH/c1-2-14-10(13)5-7-12-9-4-3-6-11-8-9;/h3-4,6,8,12H,2,5,7H2,1H3;1H. The van der Waals surface area contributed by atoms with Crippen LogP contribution >= 0.6 is 12.4 Å². The molecule has 15 heavy (non-hydrogen) atoms. The molecule has 0 saturated heterocycles. The summed E-state index contributed by atoms with van der Waals surface area (Å²) < 4.78 is 4.79. The van der Waals surface area contributed by atoms with Gasteiger partial charge < -0.3 is 10.1 Å². The summed E-state index contributed by atoms with van der Waals surface area (Å²) in [7, 11) is 0. The summed E-state index contributed by atoms with van der Waals surface area (Å²) in [6, 6.07) is 3.74. The van der Waals surface area contributed by atoms with Crippen LogP contribution in [0.25, 0.3) is 0 Å². The lowest BCUT2D eigenvalue weighted by atomic mass is 10.4. The Balaban J connectivity index is 0.00000196. The third-order valence-electron chi connectivity index (χ3n) is 1.63. The molecule has 0 aliphatic carbocycles. The van der Waals surface area contributed by atoms with E-state index in [0.717, 1.165) is 5.69 Å². The summed E-state index contributed by atoms with van der Waals surface area (Å²) in [4.78, 5) is 14.9. The number of nitrogens with zero attached hydrogens (tertiary/aromatic N) is 1. The third kappa shape index (κ3) is 5.91. The van der Waals surface area contributed by atoms with E-state index in [1.807, 2.05) is 12.1 Å². The highest BCUT2D eigenvalue weighted by Gasteiger charge is 1.99. The van der Waals surface area contributed by atoms with Gasteiger partial charge in [-0.05, 0) is 19.1 Å². The first kappa shape index (κ1) is 13.7. The molecule has 1 heterocycles. The first-order valence-corrected chi connectivity index (χ1v) is 4.62. The molecule has 0 amide bonds. The molecule has 0 radical (unpaired) electrons. The largest absolute Gasteiger partial charge is 0.466 e. The molecule has 5 heteroatoms. The van der Waals surface area contributed by atoms with Gasteiger partial charge in [0, 0.05) is 18.9 Å². The summed E-state index contributed by atoms with van der Waals surface area (Å²) in [5, 5.41) is 3.07. The van der Waals surface area contributed by atoms with Crippen molar-refractivity contribution in [3.05, 3.63) is 24.5 Å². The topological polar surface area (TPSA) is 51.2 Å². The van der Waals surface area contributed by atoms with Crippen molar-refractivity contribution in [2.45, 2.75) is 13.3 Å². The molecule has 1 N–H and O–H groups in total. The van der Waals surface area contributed by atoms with E-state index in [1.165, 1.54) is 0 Å². The first-order chi connectivity index (χ1) is 6.83. The van der Waals surface area contributed by atoms with Crippen molar-refractivity contribution < 1.29 is 9.53 Å². The van der Waals surface area contributed by atoms with Gasteiger partial charge in [-0.25, -0.2) is 0 Å². The lowest BCUT2D eigenvalue weighted by Crippen LogP contribution is -2.11. The summed E-state index contributed by atoms with van der Waals surface area (Å²) in [5.74, 6) is -0.177. The van der Waals surface area contributed by atoms with Gasteiger partial charge in [0.25, 0.3) is 0 Å². The van der Waals surface area contributed by atoms with Crippen LogP contribution in [0.1, 0.15) is 13.3 Å². The van der Waals surface area contributed by atoms with Crippen LogP contribution in [0.5, 0.6) is 0 Å². The molecule has 0 bridgehead atoms. The van der Waals surface area contributed by atoms with Gasteiger partial charge in [-0.3, -0.25) is 9.78 Å². The Morgan fingerprint density at radius 2 is 2.40 bits per heavy atom. The van der Waals surface area contributed by atoms with Crippen LogP contribution in [0.4, 0.5) is 5.69 Å². The Bertz CT molecular complexity index is 280. The highest BCUT2D eigenvalue weighted by atomic mass is 35.5. The highest BCUT2D eigenvalue weighted by molar-refractivity contribution is 5.85. The van der Waals surface area contributed by atoms with E-state index in [1.54, 1.807) is 19.3 Å². The maximum absolute atomic E-state index is 11.0. The first-order valence-electron chi connectivity index (χ1n) is 4.62. The number of anilines is 1. The Hall–Kier alpha value is -1.29. The van der Waals surface area contributed by atoms with Gasteiger partial charge in [-0.1, -0.05) is 0 Å². The van der Waals surface area contributed by atoms with Crippen molar-refractivity contribution in [3.8, 4) is 0 Å². The zero-order chi connectivity index (χ0) is 10.2. The summed E-state index contributed by atoms with van der Waals surface area (Å²) >= 11 is 0. The van der Waals surface area contributed by atoms with Gasteiger partial charge in [0.2, 0.25) is 0 Å². The van der Waals surface area contributed by atoms with Crippen molar-refractivity contribution in [1.29, 1.82) is 0 Å². The Morgan fingerprint density at radius 1 is 1.60 bits per heavy atom. The van der Waals surface area contributed by atoms with Crippen LogP contribution in [-0.2, 0) is 9.53 Å². The molecule has 1 aromatic rings. The molecular weight excluding hydrogens is 216 g/mol. The summed E-state index contributed by atoms with van der Waals surface area (Å²) in [6.45, 7) is 2.81. The molecule has 0 fully saturated rings. The van der Waals surface area contributed by atoms with Crippen LogP contribution in [0.3, 0.4) is 0 Å². The lowest BCUT2D eigenvalue weighted by Gasteiger charge is -2.04. The van der Waals surface area contributed by atoms with Gasteiger partial charge in [-0.2, -0.15) is 0 Å². The molecule has 0 aromatic carbocycles. The number of ether oxygens (including phenoxy) is 1. The fraction of sp³-hybridized carbons (Fsp3) is 0.400. The van der Waals surface area contributed by atoms with Crippen molar-refractivity contribution in [2.75, 3.05) is 18.5 Å². The van der Waals surface area contributed by atoms with E-state index in [9.17, 15) is 4.79 Å². The molecule has 0 unspecified atom stereocenters. The minimum absolute atomic E-state index is 0. The van der Waals surface area contributed by atoms with Crippen LogP contribution in [0, 0.1) is 0 Å². The zero-order valence-electron chi connectivity index (χ0n) is 8.60. The number of esters is 1. The highest BCUT2D eigenvalue weighted by Crippen LogP contribution is 2.02. The van der Waals surface area contributed by atoms with Crippen molar-refractivity contribution in [3.63, 3.8) is 0 Å². The van der Waals surface area contributed by atoms with Crippen LogP contribution in [0.15, 0.2) is 24.5 Å². The summed E-state index contributed by atoms with van der Waals surface area (Å²) in [5.41, 5.74) is 0.914. The van der Waals surface area contributed by atoms with E-state index in [2.05, 4.69) is 10.3 Å². The van der Waals surface area contributed by atoms with Crippen LogP contribution in [-0.4, -0.2) is 24.1 Å². The molecule has 0 spiro atoms. The monoisotopic (exact) mass is 230 g/mol. The van der Waals surface area contributed by atoms with Crippen molar-refractivity contribution in [2.24, 2.45) is 0 Å². The molecule has 0 aliphatic rings. The maximum Gasteiger partial charge on any atom is 0.307 e. The van der Waals surface area contributed by atoms with Gasteiger partial charge in [0.05, 0.1) is 18.7 Å². The lowest BCUT2D eigenvalue weighted by molar-refractivity contribution is -0.142. The van der Waals surface area contributed by atoms with E-state index in [0.29, 0.717) is 19.6 Å². The fourth-order valence-electron chi connectivity index (χ4n) is 1.01. The SMILES string of the molecule is CCOC(=O)CCNc1cccnc1.Cl. The number of hydrogen-bond donors (Lipinski definition) is 1. The number of carbonyl (C=O) groups is 1. The molecular formula is C10H15ClN2O2. The van der Waals surface area contributed by atoms with Crippen molar-refractivity contribution >= 4 is 24.1 Å². The van der Waals surface area contributed by atoms with E-state index in [-0.39, 0.29) is 18.4 Å². The number of rotatable bonds is 5. The van der Waals surface area contributed by atoms with Crippen LogP contribution < -0.4 is 5.32 Å². The number of pyridine rings is 1. The zero-order valence-corrected chi connectivity index (χ0v) is 9.42. The Kier molecular flexibility index (Phi) is 7.36. The van der Waals surface area contributed by atoms with Gasteiger partial charge in [-0.15, -0.1) is 12.4 Å².